The van der Waals surface area contributed by atoms with Crippen LogP contribution in [-0.4, -0.2) is 87.0 Å². The van der Waals surface area contributed by atoms with Crippen LogP contribution >= 0.6 is 0 Å². The molecule has 2 fully saturated rings. The van der Waals surface area contributed by atoms with Crippen LogP contribution < -0.4 is 15.5 Å². The molecule has 2 aromatic rings. The highest BCUT2D eigenvalue weighted by Crippen LogP contribution is 2.30. The Morgan fingerprint density at radius 3 is 2.33 bits per heavy atom. The predicted octanol–water partition coefficient (Wildman–Crippen LogP) is 4.22. The Morgan fingerprint density at radius 1 is 1.00 bits per heavy atom. The average Bonchev–Trinajstić information content (AvgIpc) is 2.96. The summed E-state index contributed by atoms with van der Waals surface area (Å²) in [6.45, 7) is 5.90. The lowest BCUT2D eigenvalue weighted by Gasteiger charge is -2.34. The highest BCUT2D eigenvalue weighted by Gasteiger charge is 2.24. The molecule has 214 valence electrons. The van der Waals surface area contributed by atoms with Crippen LogP contribution in [0.1, 0.15) is 55.3 Å². The third-order valence-corrected chi connectivity index (χ3v) is 8.54. The van der Waals surface area contributed by atoms with Gasteiger partial charge in [-0.05, 0) is 88.4 Å². The molecule has 1 saturated heterocycles. The number of anilines is 1. The molecular weight excluding hydrogens is 494 g/mol. The summed E-state index contributed by atoms with van der Waals surface area (Å²) >= 11 is 0. The van der Waals surface area contributed by atoms with Crippen molar-refractivity contribution in [1.82, 2.24) is 20.5 Å². The number of nitrogens with one attached hydrogen (secondary N) is 2. The van der Waals surface area contributed by atoms with Crippen molar-refractivity contribution in [3.05, 3.63) is 35.9 Å². The quantitative estimate of drug-likeness (QED) is 0.371. The zero-order valence-electron chi connectivity index (χ0n) is 23.5. The molecule has 0 unspecified atom stereocenters. The summed E-state index contributed by atoms with van der Waals surface area (Å²) in [7, 11) is 3.90. The fourth-order valence-corrected chi connectivity index (χ4v) is 5.93. The van der Waals surface area contributed by atoms with Crippen molar-refractivity contribution in [2.24, 2.45) is 17.8 Å². The SMILES string of the molecule is COCCN(C)CCC1CCN(c2cc(C(=O)NC[C@H]3CC[C@H](CNC(=O)O)CC3)c3ccccc3n2)CC1. The Hall–Kier alpha value is -2.91. The fraction of sp³-hybridized carbons (Fsp3) is 0.633. The first-order valence-corrected chi connectivity index (χ1v) is 14.5. The number of carbonyl (C=O) groups excluding carboxylic acids is 1. The van der Waals surface area contributed by atoms with Gasteiger partial charge < -0.3 is 30.3 Å². The topological polar surface area (TPSA) is 107 Å². The van der Waals surface area contributed by atoms with Gasteiger partial charge in [0.2, 0.25) is 0 Å². The molecule has 1 saturated carbocycles. The van der Waals surface area contributed by atoms with E-state index < -0.39 is 6.09 Å². The largest absolute Gasteiger partial charge is 0.465 e. The van der Waals surface area contributed by atoms with E-state index in [9.17, 15) is 9.59 Å². The molecule has 0 spiro atoms. The Balaban J connectivity index is 1.32. The number of amides is 2. The molecule has 2 amide bonds. The second kappa shape index (κ2) is 14.5. The number of nitrogens with zero attached hydrogens (tertiary/aromatic N) is 3. The van der Waals surface area contributed by atoms with Gasteiger partial charge in [0.15, 0.2) is 0 Å². The van der Waals surface area contributed by atoms with Gasteiger partial charge >= 0.3 is 6.09 Å². The Morgan fingerprint density at radius 2 is 1.67 bits per heavy atom. The number of hydrogen-bond donors (Lipinski definition) is 3. The number of benzene rings is 1. The van der Waals surface area contributed by atoms with E-state index in [1.807, 2.05) is 30.3 Å². The van der Waals surface area contributed by atoms with Gasteiger partial charge in [0.1, 0.15) is 5.82 Å². The summed E-state index contributed by atoms with van der Waals surface area (Å²) in [5.74, 6) is 2.37. The second-order valence-electron chi connectivity index (χ2n) is 11.3. The number of carboxylic acid groups (broad SMARTS) is 1. The molecule has 3 N–H and O–H groups in total. The molecule has 39 heavy (non-hydrogen) atoms. The van der Waals surface area contributed by atoms with Crippen molar-refractivity contribution in [3.63, 3.8) is 0 Å². The first-order chi connectivity index (χ1) is 18.9. The van der Waals surface area contributed by atoms with Crippen LogP contribution in [0.4, 0.5) is 10.6 Å². The van der Waals surface area contributed by atoms with Crippen LogP contribution in [0.2, 0.25) is 0 Å². The number of fused-ring (bicyclic) bond motifs is 1. The van der Waals surface area contributed by atoms with Crippen LogP contribution in [0.15, 0.2) is 30.3 Å². The third kappa shape index (κ3) is 8.54. The Kier molecular flexibility index (Phi) is 10.8. The zero-order chi connectivity index (χ0) is 27.6. The molecule has 1 aliphatic carbocycles. The lowest BCUT2D eigenvalue weighted by molar-refractivity contribution is 0.0942. The van der Waals surface area contributed by atoms with E-state index >= 15 is 0 Å². The molecule has 9 nitrogen and oxygen atoms in total. The van der Waals surface area contributed by atoms with Crippen molar-refractivity contribution in [2.45, 2.75) is 44.9 Å². The smallest absolute Gasteiger partial charge is 0.404 e. The highest BCUT2D eigenvalue weighted by molar-refractivity contribution is 6.07. The molecule has 0 bridgehead atoms. The van der Waals surface area contributed by atoms with E-state index in [2.05, 4.69) is 27.5 Å². The molecule has 4 rings (SSSR count). The van der Waals surface area contributed by atoms with Gasteiger partial charge in [-0.3, -0.25) is 4.79 Å². The van der Waals surface area contributed by atoms with E-state index in [1.165, 1.54) is 6.42 Å². The number of aromatic nitrogens is 1. The molecule has 1 aromatic carbocycles. The predicted molar refractivity (Wildman–Crippen MR) is 154 cm³/mol. The van der Waals surface area contributed by atoms with Crippen LogP contribution in [-0.2, 0) is 4.74 Å². The van der Waals surface area contributed by atoms with Crippen molar-refractivity contribution in [1.29, 1.82) is 0 Å². The summed E-state index contributed by atoms with van der Waals surface area (Å²) in [6.07, 6.45) is 6.50. The Bertz CT molecular complexity index is 1080. The van der Waals surface area contributed by atoms with Crippen LogP contribution in [0.3, 0.4) is 0 Å². The van der Waals surface area contributed by atoms with Gasteiger partial charge in [0.05, 0.1) is 17.7 Å². The van der Waals surface area contributed by atoms with E-state index in [4.69, 9.17) is 14.8 Å². The maximum absolute atomic E-state index is 13.4. The average molecular weight is 540 g/mol. The number of piperidine rings is 1. The van der Waals surface area contributed by atoms with Crippen molar-refractivity contribution in [3.8, 4) is 0 Å². The zero-order valence-corrected chi connectivity index (χ0v) is 23.5. The minimum absolute atomic E-state index is 0.0431. The summed E-state index contributed by atoms with van der Waals surface area (Å²) < 4.78 is 5.19. The number of hydrogen-bond acceptors (Lipinski definition) is 6. The number of para-hydroxylation sites is 1. The summed E-state index contributed by atoms with van der Waals surface area (Å²) in [5, 5.41) is 15.4. The third-order valence-electron chi connectivity index (χ3n) is 8.54. The molecule has 0 atom stereocenters. The Labute approximate surface area is 232 Å². The van der Waals surface area contributed by atoms with E-state index in [0.29, 0.717) is 36.4 Å². The molecule has 9 heteroatoms. The molecule has 1 aliphatic heterocycles. The summed E-state index contributed by atoms with van der Waals surface area (Å²) in [4.78, 5) is 33.8. The van der Waals surface area contributed by atoms with Gasteiger partial charge in [0, 0.05) is 45.2 Å². The van der Waals surface area contributed by atoms with Gasteiger partial charge in [-0.25, -0.2) is 9.78 Å². The number of pyridine rings is 1. The number of rotatable bonds is 12. The summed E-state index contributed by atoms with van der Waals surface area (Å²) in [5.41, 5.74) is 1.55. The highest BCUT2D eigenvalue weighted by atomic mass is 16.5. The van der Waals surface area contributed by atoms with E-state index in [-0.39, 0.29) is 5.91 Å². The first kappa shape index (κ1) is 29.1. The minimum Gasteiger partial charge on any atom is -0.465 e. The normalized spacial score (nSPS) is 20.3. The van der Waals surface area contributed by atoms with Crippen molar-refractivity contribution >= 4 is 28.7 Å². The van der Waals surface area contributed by atoms with E-state index in [1.54, 1.807) is 7.11 Å². The maximum atomic E-state index is 13.4. The lowest BCUT2D eigenvalue weighted by Crippen LogP contribution is -2.36. The van der Waals surface area contributed by atoms with Crippen molar-refractivity contribution < 1.29 is 19.4 Å². The molecule has 1 aromatic heterocycles. The van der Waals surface area contributed by atoms with Gasteiger partial charge in [-0.2, -0.15) is 0 Å². The van der Waals surface area contributed by atoms with Crippen LogP contribution in [0.25, 0.3) is 10.9 Å². The van der Waals surface area contributed by atoms with E-state index in [0.717, 1.165) is 88.0 Å². The molecular formula is C30H45N5O4. The van der Waals surface area contributed by atoms with Crippen LogP contribution in [0.5, 0.6) is 0 Å². The second-order valence-corrected chi connectivity index (χ2v) is 11.3. The number of ether oxygens (including phenoxy) is 1. The number of methoxy groups -OCH3 is 1. The van der Waals surface area contributed by atoms with Gasteiger partial charge in [-0.1, -0.05) is 18.2 Å². The standard InChI is InChI=1S/C30H45N5O4/c1-34(17-18-39-2)14-11-22-12-15-35(16-13-22)28-19-26(25-5-3-4-6-27(25)33-28)29(36)31-20-23-7-9-24(10-8-23)21-32-30(37)38/h3-6,19,22-24,32H,7-18,20-21H2,1-2H3,(H,31,36)(H,37,38)/t23-,24-. The minimum atomic E-state index is -0.959. The molecule has 2 aliphatic rings. The molecule has 2 heterocycles. The monoisotopic (exact) mass is 539 g/mol. The lowest BCUT2D eigenvalue weighted by atomic mass is 9.82. The summed E-state index contributed by atoms with van der Waals surface area (Å²) in [6, 6.07) is 9.89. The first-order valence-electron chi connectivity index (χ1n) is 14.5. The van der Waals surface area contributed by atoms with Gasteiger partial charge in [0.25, 0.3) is 5.91 Å². The molecule has 0 radical (unpaired) electrons. The van der Waals surface area contributed by atoms with Gasteiger partial charge in [-0.15, -0.1) is 0 Å². The fourth-order valence-electron chi connectivity index (χ4n) is 5.93. The number of carbonyl (C=O) groups is 2. The van der Waals surface area contributed by atoms with Crippen LogP contribution in [0, 0.1) is 17.8 Å². The maximum Gasteiger partial charge on any atom is 0.404 e. The van der Waals surface area contributed by atoms with Crippen molar-refractivity contribution in [2.75, 3.05) is 64.9 Å². The number of likely N-dealkylation sites (N-methyl/N-ethyl adjacent to an activating group) is 1.